The SMILES string of the molecule is Cc1cc(C#N)cc(N(C)CC2(O)CCOCC2)n1. The van der Waals surface area contributed by atoms with Gasteiger partial charge in [0.05, 0.1) is 17.2 Å². The zero-order valence-electron chi connectivity index (χ0n) is 11.4. The number of hydrogen-bond acceptors (Lipinski definition) is 5. The van der Waals surface area contributed by atoms with Gasteiger partial charge in [-0.05, 0) is 19.1 Å². The van der Waals surface area contributed by atoms with Crippen LogP contribution in [0, 0.1) is 18.3 Å². The van der Waals surface area contributed by atoms with Crippen LogP contribution in [0.15, 0.2) is 12.1 Å². The van der Waals surface area contributed by atoms with E-state index in [0.717, 1.165) is 11.5 Å². The third-order valence-electron chi connectivity index (χ3n) is 3.42. The molecule has 0 aliphatic carbocycles. The minimum Gasteiger partial charge on any atom is -0.388 e. The van der Waals surface area contributed by atoms with Gasteiger partial charge in [-0.15, -0.1) is 0 Å². The third kappa shape index (κ3) is 3.43. The van der Waals surface area contributed by atoms with Crippen molar-refractivity contribution in [2.24, 2.45) is 0 Å². The molecular weight excluding hydrogens is 242 g/mol. The van der Waals surface area contributed by atoms with Gasteiger partial charge in [0.1, 0.15) is 5.82 Å². The largest absolute Gasteiger partial charge is 0.388 e. The Kier molecular flexibility index (Phi) is 4.03. The quantitative estimate of drug-likeness (QED) is 0.886. The van der Waals surface area contributed by atoms with Crippen molar-refractivity contribution >= 4 is 5.82 Å². The second-order valence-electron chi connectivity index (χ2n) is 5.16. The van der Waals surface area contributed by atoms with E-state index >= 15 is 0 Å². The van der Waals surface area contributed by atoms with Crippen molar-refractivity contribution < 1.29 is 9.84 Å². The van der Waals surface area contributed by atoms with E-state index in [1.54, 1.807) is 12.1 Å². The lowest BCUT2D eigenvalue weighted by molar-refractivity contribution is -0.0573. The van der Waals surface area contributed by atoms with Crippen LogP contribution in [0.3, 0.4) is 0 Å². The van der Waals surface area contributed by atoms with Crippen molar-refractivity contribution in [1.29, 1.82) is 5.26 Å². The molecule has 5 nitrogen and oxygen atoms in total. The summed E-state index contributed by atoms with van der Waals surface area (Å²) < 4.78 is 5.27. The molecule has 0 bridgehead atoms. The summed E-state index contributed by atoms with van der Waals surface area (Å²) in [7, 11) is 1.89. The number of aliphatic hydroxyl groups is 1. The monoisotopic (exact) mass is 261 g/mol. The summed E-state index contributed by atoms with van der Waals surface area (Å²) in [5, 5.41) is 19.5. The standard InChI is InChI=1S/C14H19N3O2/c1-11-7-12(9-15)8-13(16-11)17(2)10-14(18)3-5-19-6-4-14/h7-8,18H,3-6,10H2,1-2H3. The predicted octanol–water partition coefficient (Wildman–Crippen LogP) is 1.24. The maximum absolute atomic E-state index is 10.5. The van der Waals surface area contributed by atoms with Crippen molar-refractivity contribution in [3.05, 3.63) is 23.4 Å². The number of pyridine rings is 1. The highest BCUT2D eigenvalue weighted by atomic mass is 16.5. The highest BCUT2D eigenvalue weighted by Gasteiger charge is 2.31. The Bertz CT molecular complexity index is 490. The van der Waals surface area contributed by atoms with Crippen LogP contribution in [0.1, 0.15) is 24.1 Å². The molecule has 1 aromatic heterocycles. The van der Waals surface area contributed by atoms with Gasteiger partial charge in [-0.2, -0.15) is 5.26 Å². The molecule has 0 atom stereocenters. The highest BCUT2D eigenvalue weighted by Crippen LogP contribution is 2.23. The number of ether oxygens (including phenoxy) is 1. The minimum atomic E-state index is -0.731. The molecule has 102 valence electrons. The molecule has 0 saturated carbocycles. The molecular formula is C14H19N3O2. The average molecular weight is 261 g/mol. The maximum Gasteiger partial charge on any atom is 0.129 e. The lowest BCUT2D eigenvalue weighted by Gasteiger charge is -2.35. The van der Waals surface area contributed by atoms with E-state index in [1.165, 1.54) is 0 Å². The van der Waals surface area contributed by atoms with E-state index in [1.807, 2.05) is 18.9 Å². The summed E-state index contributed by atoms with van der Waals surface area (Å²) in [6, 6.07) is 5.62. The summed E-state index contributed by atoms with van der Waals surface area (Å²) in [6.07, 6.45) is 1.27. The molecule has 0 radical (unpaired) electrons. The smallest absolute Gasteiger partial charge is 0.129 e. The van der Waals surface area contributed by atoms with Gasteiger partial charge in [0, 0.05) is 45.3 Å². The first-order valence-electron chi connectivity index (χ1n) is 6.42. The van der Waals surface area contributed by atoms with Crippen molar-refractivity contribution in [3.8, 4) is 6.07 Å². The van der Waals surface area contributed by atoms with E-state index in [2.05, 4.69) is 11.1 Å². The third-order valence-corrected chi connectivity index (χ3v) is 3.42. The Morgan fingerprint density at radius 3 is 2.79 bits per heavy atom. The molecule has 0 unspecified atom stereocenters. The number of nitriles is 1. The molecule has 1 N–H and O–H groups in total. The first kappa shape index (κ1) is 13.8. The van der Waals surface area contributed by atoms with Gasteiger partial charge in [-0.1, -0.05) is 0 Å². The van der Waals surface area contributed by atoms with E-state index in [-0.39, 0.29) is 0 Å². The molecule has 1 aliphatic heterocycles. The summed E-state index contributed by atoms with van der Waals surface area (Å²) >= 11 is 0. The van der Waals surface area contributed by atoms with Crippen LogP contribution in [-0.4, -0.2) is 42.5 Å². The van der Waals surface area contributed by atoms with Crippen LogP contribution in [0.2, 0.25) is 0 Å². The van der Waals surface area contributed by atoms with E-state index in [4.69, 9.17) is 10.00 Å². The van der Waals surface area contributed by atoms with Crippen molar-refractivity contribution in [3.63, 3.8) is 0 Å². The van der Waals surface area contributed by atoms with Crippen LogP contribution in [0.5, 0.6) is 0 Å². The molecule has 0 spiro atoms. The fourth-order valence-corrected chi connectivity index (χ4v) is 2.34. The minimum absolute atomic E-state index is 0.498. The number of hydrogen-bond donors (Lipinski definition) is 1. The number of nitrogens with zero attached hydrogens (tertiary/aromatic N) is 3. The number of aromatic nitrogens is 1. The topological polar surface area (TPSA) is 69.4 Å². The molecule has 1 aliphatic rings. The van der Waals surface area contributed by atoms with Crippen LogP contribution < -0.4 is 4.90 Å². The molecule has 19 heavy (non-hydrogen) atoms. The summed E-state index contributed by atoms with van der Waals surface area (Å²) in [5.74, 6) is 0.719. The molecule has 0 amide bonds. The molecule has 5 heteroatoms. The maximum atomic E-state index is 10.5. The Balaban J connectivity index is 2.13. The Labute approximate surface area is 113 Å². The number of rotatable bonds is 3. The first-order valence-corrected chi connectivity index (χ1v) is 6.42. The molecule has 1 aromatic rings. The predicted molar refractivity (Wildman–Crippen MR) is 72.0 cm³/mol. The van der Waals surface area contributed by atoms with Gasteiger partial charge >= 0.3 is 0 Å². The van der Waals surface area contributed by atoms with Crippen LogP contribution in [0.4, 0.5) is 5.82 Å². The van der Waals surface area contributed by atoms with E-state index in [0.29, 0.717) is 38.2 Å². The second kappa shape index (κ2) is 5.55. The lowest BCUT2D eigenvalue weighted by atomic mass is 9.94. The summed E-state index contributed by atoms with van der Waals surface area (Å²) in [5.41, 5.74) is 0.666. The summed E-state index contributed by atoms with van der Waals surface area (Å²) in [6.45, 7) is 3.54. The number of aryl methyl sites for hydroxylation is 1. The van der Waals surface area contributed by atoms with Gasteiger partial charge in [-0.3, -0.25) is 0 Å². The molecule has 1 saturated heterocycles. The van der Waals surface area contributed by atoms with E-state index < -0.39 is 5.60 Å². The zero-order chi connectivity index (χ0) is 13.9. The van der Waals surface area contributed by atoms with Crippen molar-refractivity contribution in [2.45, 2.75) is 25.4 Å². The van der Waals surface area contributed by atoms with Gasteiger partial charge in [0.2, 0.25) is 0 Å². The number of anilines is 1. The van der Waals surface area contributed by atoms with Crippen molar-refractivity contribution in [2.75, 3.05) is 31.7 Å². The molecule has 2 rings (SSSR count). The zero-order valence-corrected chi connectivity index (χ0v) is 11.4. The summed E-state index contributed by atoms with van der Waals surface area (Å²) in [4.78, 5) is 6.31. The lowest BCUT2D eigenvalue weighted by Crippen LogP contribution is -2.46. The van der Waals surface area contributed by atoms with Gasteiger partial charge in [0.15, 0.2) is 0 Å². The Hall–Kier alpha value is -1.64. The van der Waals surface area contributed by atoms with Crippen LogP contribution in [0.25, 0.3) is 0 Å². The Morgan fingerprint density at radius 1 is 1.47 bits per heavy atom. The average Bonchev–Trinajstić information content (AvgIpc) is 2.38. The molecule has 0 aromatic carbocycles. The van der Waals surface area contributed by atoms with Gasteiger partial charge < -0.3 is 14.7 Å². The fourth-order valence-electron chi connectivity index (χ4n) is 2.34. The highest BCUT2D eigenvalue weighted by molar-refractivity contribution is 5.46. The second-order valence-corrected chi connectivity index (χ2v) is 5.16. The fraction of sp³-hybridized carbons (Fsp3) is 0.571. The van der Waals surface area contributed by atoms with Crippen LogP contribution >= 0.6 is 0 Å². The number of likely N-dealkylation sites (N-methyl/N-ethyl adjacent to an activating group) is 1. The normalized spacial score (nSPS) is 17.8. The van der Waals surface area contributed by atoms with Crippen molar-refractivity contribution in [1.82, 2.24) is 4.98 Å². The molecule has 2 heterocycles. The van der Waals surface area contributed by atoms with E-state index in [9.17, 15) is 5.11 Å². The van der Waals surface area contributed by atoms with Gasteiger partial charge in [-0.25, -0.2) is 4.98 Å². The Morgan fingerprint density at radius 2 is 2.16 bits per heavy atom. The first-order chi connectivity index (χ1) is 9.02. The molecule has 1 fully saturated rings. The van der Waals surface area contributed by atoms with Crippen LogP contribution in [-0.2, 0) is 4.74 Å². The van der Waals surface area contributed by atoms with Gasteiger partial charge in [0.25, 0.3) is 0 Å².